The van der Waals surface area contributed by atoms with Crippen LogP contribution in [0.3, 0.4) is 0 Å². The summed E-state index contributed by atoms with van der Waals surface area (Å²) in [5, 5.41) is 0.787. The largest absolute Gasteiger partial charge is 0.491 e. The lowest BCUT2D eigenvalue weighted by molar-refractivity contribution is 0.295. The number of hydrogen-bond acceptors (Lipinski definition) is 2. The van der Waals surface area contributed by atoms with Crippen molar-refractivity contribution >= 4 is 24.0 Å². The van der Waals surface area contributed by atoms with Gasteiger partial charge in [-0.3, -0.25) is 0 Å². The van der Waals surface area contributed by atoms with E-state index in [4.69, 9.17) is 22.1 Å². The average Bonchev–Trinajstić information content (AvgIpc) is 3.31. The SMILES string of the molecule is CCC(N)Cc1cc(Cl)c(OCC2CC2)c2c1CCCC2.Cl. The molecule has 1 fully saturated rings. The number of ether oxygens (including phenoxy) is 1. The maximum absolute atomic E-state index is 6.53. The fourth-order valence-corrected chi connectivity index (χ4v) is 3.51. The first-order valence-corrected chi connectivity index (χ1v) is 8.78. The van der Waals surface area contributed by atoms with Gasteiger partial charge in [-0.15, -0.1) is 12.4 Å². The van der Waals surface area contributed by atoms with Crippen LogP contribution in [0.15, 0.2) is 6.07 Å². The minimum atomic E-state index is 0. The van der Waals surface area contributed by atoms with Gasteiger partial charge in [0.05, 0.1) is 11.6 Å². The third-order valence-electron chi connectivity index (χ3n) is 4.81. The molecule has 0 aromatic heterocycles. The van der Waals surface area contributed by atoms with E-state index in [1.54, 1.807) is 0 Å². The van der Waals surface area contributed by atoms with Crippen molar-refractivity contribution in [3.63, 3.8) is 0 Å². The Labute approximate surface area is 145 Å². The van der Waals surface area contributed by atoms with Crippen LogP contribution >= 0.6 is 24.0 Å². The lowest BCUT2D eigenvalue weighted by Crippen LogP contribution is -2.23. The van der Waals surface area contributed by atoms with Gasteiger partial charge >= 0.3 is 0 Å². The summed E-state index contributed by atoms with van der Waals surface area (Å²) in [6.07, 6.45) is 9.32. The van der Waals surface area contributed by atoms with Gasteiger partial charge in [-0.2, -0.15) is 0 Å². The highest BCUT2D eigenvalue weighted by Crippen LogP contribution is 2.40. The van der Waals surface area contributed by atoms with E-state index in [1.165, 1.54) is 42.4 Å². The molecule has 1 saturated carbocycles. The van der Waals surface area contributed by atoms with Gasteiger partial charge in [0.1, 0.15) is 5.75 Å². The van der Waals surface area contributed by atoms with Gasteiger partial charge in [0, 0.05) is 6.04 Å². The highest BCUT2D eigenvalue weighted by atomic mass is 35.5. The number of nitrogens with two attached hydrogens (primary N) is 1. The van der Waals surface area contributed by atoms with Gasteiger partial charge in [-0.05, 0) is 80.0 Å². The maximum Gasteiger partial charge on any atom is 0.141 e. The topological polar surface area (TPSA) is 35.2 Å². The first-order chi connectivity index (χ1) is 10.2. The molecule has 0 radical (unpaired) electrons. The monoisotopic (exact) mass is 343 g/mol. The Morgan fingerprint density at radius 3 is 2.59 bits per heavy atom. The molecule has 2 aliphatic rings. The minimum absolute atomic E-state index is 0. The molecule has 4 heteroatoms. The normalized spacial score (nSPS) is 18.3. The minimum Gasteiger partial charge on any atom is -0.491 e. The van der Waals surface area contributed by atoms with Gasteiger partial charge < -0.3 is 10.5 Å². The Morgan fingerprint density at radius 2 is 1.95 bits per heavy atom. The van der Waals surface area contributed by atoms with Crippen LogP contribution in [0.1, 0.15) is 55.7 Å². The summed E-state index contributed by atoms with van der Waals surface area (Å²) in [4.78, 5) is 0. The maximum atomic E-state index is 6.53. The van der Waals surface area contributed by atoms with E-state index in [0.717, 1.165) is 49.0 Å². The molecule has 22 heavy (non-hydrogen) atoms. The quantitative estimate of drug-likeness (QED) is 0.811. The number of halogens is 2. The first kappa shape index (κ1) is 17.9. The molecule has 0 amide bonds. The Hall–Kier alpha value is -0.440. The van der Waals surface area contributed by atoms with Crippen LogP contribution in [0.2, 0.25) is 5.02 Å². The summed E-state index contributed by atoms with van der Waals surface area (Å²) in [5.74, 6) is 1.72. The van der Waals surface area contributed by atoms with E-state index >= 15 is 0 Å². The molecule has 124 valence electrons. The molecule has 0 spiro atoms. The fourth-order valence-electron chi connectivity index (χ4n) is 3.21. The Bertz CT molecular complexity index is 514. The van der Waals surface area contributed by atoms with Crippen LogP contribution < -0.4 is 10.5 Å². The van der Waals surface area contributed by atoms with Crippen LogP contribution in [0.5, 0.6) is 5.75 Å². The van der Waals surface area contributed by atoms with Crippen molar-refractivity contribution in [3.8, 4) is 5.75 Å². The van der Waals surface area contributed by atoms with Crippen LogP contribution in [0.25, 0.3) is 0 Å². The highest BCUT2D eigenvalue weighted by Gasteiger charge is 2.25. The smallest absolute Gasteiger partial charge is 0.141 e. The Morgan fingerprint density at radius 1 is 1.27 bits per heavy atom. The predicted octanol–water partition coefficient (Wildman–Crippen LogP) is 4.71. The van der Waals surface area contributed by atoms with Gasteiger partial charge in [0.2, 0.25) is 0 Å². The molecular formula is C18H27Cl2NO. The van der Waals surface area contributed by atoms with Crippen LogP contribution in [0, 0.1) is 5.92 Å². The predicted molar refractivity (Wildman–Crippen MR) is 95.5 cm³/mol. The molecule has 1 aromatic rings. The third-order valence-corrected chi connectivity index (χ3v) is 5.09. The van der Waals surface area contributed by atoms with Crippen molar-refractivity contribution in [3.05, 3.63) is 27.8 Å². The Kier molecular flexibility index (Phi) is 6.43. The average molecular weight is 344 g/mol. The van der Waals surface area contributed by atoms with Crippen molar-refractivity contribution in [2.45, 2.75) is 64.3 Å². The lowest BCUT2D eigenvalue weighted by Gasteiger charge is -2.25. The zero-order valence-electron chi connectivity index (χ0n) is 13.4. The molecule has 3 rings (SSSR count). The molecule has 0 bridgehead atoms. The standard InChI is InChI=1S/C18H26ClNO.ClH/c1-2-14(20)9-13-10-17(19)18(21-11-12-7-8-12)16-6-4-3-5-15(13)16;/h10,12,14H,2-9,11,20H2,1H3;1H. The van der Waals surface area contributed by atoms with E-state index < -0.39 is 0 Å². The second kappa shape index (κ2) is 7.90. The molecular weight excluding hydrogens is 317 g/mol. The second-order valence-corrected chi connectivity index (χ2v) is 7.04. The molecule has 2 nitrogen and oxygen atoms in total. The molecule has 1 unspecified atom stereocenters. The number of rotatable bonds is 6. The van der Waals surface area contributed by atoms with Crippen LogP contribution in [-0.4, -0.2) is 12.6 Å². The number of benzene rings is 1. The lowest BCUT2D eigenvalue weighted by atomic mass is 9.85. The molecule has 0 saturated heterocycles. The van der Waals surface area contributed by atoms with E-state index in [9.17, 15) is 0 Å². The van der Waals surface area contributed by atoms with E-state index in [2.05, 4.69) is 13.0 Å². The summed E-state index contributed by atoms with van der Waals surface area (Å²) in [6.45, 7) is 2.98. The molecule has 1 aromatic carbocycles. The molecule has 1 atom stereocenters. The van der Waals surface area contributed by atoms with Crippen molar-refractivity contribution < 1.29 is 4.74 Å². The second-order valence-electron chi connectivity index (χ2n) is 6.64. The van der Waals surface area contributed by atoms with Crippen LogP contribution in [0.4, 0.5) is 0 Å². The number of fused-ring (bicyclic) bond motifs is 1. The summed E-state index contributed by atoms with van der Waals surface area (Å²) in [7, 11) is 0. The highest BCUT2D eigenvalue weighted by molar-refractivity contribution is 6.32. The van der Waals surface area contributed by atoms with Crippen molar-refractivity contribution in [1.82, 2.24) is 0 Å². The van der Waals surface area contributed by atoms with Crippen LogP contribution in [-0.2, 0) is 19.3 Å². The summed E-state index contributed by atoms with van der Waals surface area (Å²) in [6, 6.07) is 2.34. The van der Waals surface area contributed by atoms with Gasteiger partial charge in [0.15, 0.2) is 0 Å². The van der Waals surface area contributed by atoms with Crippen molar-refractivity contribution in [2.75, 3.05) is 6.61 Å². The van der Waals surface area contributed by atoms with E-state index in [0.29, 0.717) is 0 Å². The first-order valence-electron chi connectivity index (χ1n) is 8.40. The molecule has 0 heterocycles. The van der Waals surface area contributed by atoms with Gasteiger partial charge in [-0.1, -0.05) is 18.5 Å². The van der Waals surface area contributed by atoms with Crippen molar-refractivity contribution in [2.24, 2.45) is 11.7 Å². The van der Waals surface area contributed by atoms with E-state index in [1.807, 2.05) is 0 Å². The molecule has 0 aliphatic heterocycles. The fraction of sp³-hybridized carbons (Fsp3) is 0.667. The molecule has 2 aliphatic carbocycles. The third kappa shape index (κ3) is 4.10. The zero-order valence-corrected chi connectivity index (χ0v) is 14.9. The van der Waals surface area contributed by atoms with Gasteiger partial charge in [0.25, 0.3) is 0 Å². The summed E-state index contributed by atoms with van der Waals surface area (Å²) < 4.78 is 6.08. The summed E-state index contributed by atoms with van der Waals surface area (Å²) in [5.41, 5.74) is 10.3. The Balaban J connectivity index is 0.00000176. The van der Waals surface area contributed by atoms with Gasteiger partial charge in [-0.25, -0.2) is 0 Å². The number of hydrogen-bond donors (Lipinski definition) is 1. The zero-order chi connectivity index (χ0) is 14.8. The van der Waals surface area contributed by atoms with Crippen molar-refractivity contribution in [1.29, 1.82) is 0 Å². The molecule has 2 N–H and O–H groups in total. The van der Waals surface area contributed by atoms with E-state index in [-0.39, 0.29) is 18.4 Å². The summed E-state index contributed by atoms with van der Waals surface area (Å²) >= 11 is 6.53.